The van der Waals surface area contributed by atoms with Gasteiger partial charge in [-0.3, -0.25) is 9.36 Å². The molecule has 236 valence electrons. The molecule has 2 aromatic heterocycles. The maximum absolute atomic E-state index is 14.0. The molecule has 0 spiro atoms. The largest absolute Gasteiger partial charge is 0.497 e. The fourth-order valence-corrected chi connectivity index (χ4v) is 6.94. The van der Waals surface area contributed by atoms with Gasteiger partial charge in [-0.05, 0) is 72.0 Å². The van der Waals surface area contributed by atoms with Crippen LogP contribution in [0, 0.1) is 17.2 Å². The Morgan fingerprint density at radius 1 is 1.04 bits per heavy atom. The molecule has 0 amide bonds. The van der Waals surface area contributed by atoms with Gasteiger partial charge in [-0.1, -0.05) is 17.3 Å². The van der Waals surface area contributed by atoms with E-state index in [2.05, 4.69) is 5.16 Å². The molecular weight excluding hydrogens is 625 g/mol. The number of hydrogen-bond acceptors (Lipinski definition) is 8. The second-order valence-corrected chi connectivity index (χ2v) is 12.5. The van der Waals surface area contributed by atoms with Crippen molar-refractivity contribution in [2.45, 2.75) is 30.0 Å². The topological polar surface area (TPSA) is 128 Å². The highest BCUT2D eigenvalue weighted by Gasteiger charge is 2.56. The van der Waals surface area contributed by atoms with E-state index in [-0.39, 0.29) is 51.8 Å². The number of ether oxygens (including phenoxy) is 2. The third-order valence-electron chi connectivity index (χ3n) is 7.94. The van der Waals surface area contributed by atoms with Gasteiger partial charge in [0.15, 0.2) is 5.82 Å². The first-order valence-electron chi connectivity index (χ1n) is 13.9. The first-order chi connectivity index (χ1) is 22.0. The average molecular weight is 651 g/mol. The number of sulfonamides is 1. The van der Waals surface area contributed by atoms with Crippen molar-refractivity contribution in [1.82, 2.24) is 9.72 Å². The number of hydrogen-bond donors (Lipinski definition) is 0. The van der Waals surface area contributed by atoms with Gasteiger partial charge in [-0.2, -0.15) is 18.4 Å². The lowest BCUT2D eigenvalue weighted by Gasteiger charge is -2.22. The van der Waals surface area contributed by atoms with Gasteiger partial charge in [-0.25, -0.2) is 12.7 Å². The van der Waals surface area contributed by atoms with Crippen molar-refractivity contribution in [2.75, 3.05) is 18.5 Å². The minimum Gasteiger partial charge on any atom is -0.497 e. The van der Waals surface area contributed by atoms with E-state index >= 15 is 0 Å². The Morgan fingerprint density at radius 3 is 2.41 bits per heavy atom. The molecule has 0 bridgehead atoms. The Hall–Kier alpha value is -5.29. The van der Waals surface area contributed by atoms with Crippen LogP contribution in [0.1, 0.15) is 29.0 Å². The Morgan fingerprint density at radius 2 is 1.80 bits per heavy atom. The quantitative estimate of drug-likeness (QED) is 0.192. The zero-order valence-corrected chi connectivity index (χ0v) is 25.2. The first-order valence-corrected chi connectivity index (χ1v) is 15.3. The van der Waals surface area contributed by atoms with E-state index in [1.807, 2.05) is 6.07 Å². The highest BCUT2D eigenvalue weighted by atomic mass is 32.2. The van der Waals surface area contributed by atoms with Crippen LogP contribution < -0.4 is 19.3 Å². The lowest BCUT2D eigenvalue weighted by molar-refractivity contribution is -0.148. The van der Waals surface area contributed by atoms with Crippen LogP contribution in [-0.2, 0) is 16.6 Å². The smallest absolute Gasteiger partial charge is 0.392 e. The fraction of sp³-hybridized carbons (Fsp3) is 0.219. The standard InChI is InChI=1S/C32H25F3N4O6S/c1-43-22-6-3-19(4-7-22)18-38(30-11-12-45-37-30)46(41,42)23-8-9-27-20(13-23)5-10-31(40)39(27)28-14-21(17-36)24(16-29(28)44-2)25-15-26(25)32(33,34)35/h3-14,16,25-26H,15,18H2,1-2H3/t25-,26+/m0/s1. The summed E-state index contributed by atoms with van der Waals surface area (Å²) in [5.74, 6) is -1.70. The molecule has 0 aliphatic heterocycles. The van der Waals surface area contributed by atoms with Crippen LogP contribution in [0.2, 0.25) is 0 Å². The zero-order valence-electron chi connectivity index (χ0n) is 24.4. The Kier molecular flexibility index (Phi) is 7.73. The van der Waals surface area contributed by atoms with E-state index in [1.54, 1.807) is 24.3 Å². The number of anilines is 1. The van der Waals surface area contributed by atoms with Gasteiger partial charge in [0.05, 0.1) is 54.4 Å². The van der Waals surface area contributed by atoms with Crippen molar-refractivity contribution < 1.29 is 35.6 Å². The molecule has 14 heteroatoms. The highest BCUT2D eigenvalue weighted by Crippen LogP contribution is 2.57. The number of aromatic nitrogens is 2. The lowest BCUT2D eigenvalue weighted by Crippen LogP contribution is -2.31. The van der Waals surface area contributed by atoms with Crippen LogP contribution in [-0.4, -0.2) is 38.5 Å². The minimum atomic E-state index is -4.40. The summed E-state index contributed by atoms with van der Waals surface area (Å²) in [6.07, 6.45) is -3.28. The molecule has 46 heavy (non-hydrogen) atoms. The van der Waals surface area contributed by atoms with Crippen molar-refractivity contribution in [2.24, 2.45) is 5.92 Å². The Labute approximate surface area is 260 Å². The summed E-state index contributed by atoms with van der Waals surface area (Å²) in [4.78, 5) is 13.1. The van der Waals surface area contributed by atoms with Crippen LogP contribution in [0.5, 0.6) is 11.5 Å². The molecule has 6 rings (SSSR count). The molecule has 1 saturated carbocycles. The van der Waals surface area contributed by atoms with Gasteiger partial charge < -0.3 is 14.0 Å². The van der Waals surface area contributed by atoms with Crippen LogP contribution >= 0.6 is 0 Å². The van der Waals surface area contributed by atoms with E-state index in [9.17, 15) is 31.6 Å². The SMILES string of the molecule is COc1ccc(CN(c2ccon2)S(=O)(=O)c2ccc3c(ccc(=O)n3-c3cc(C#N)c([C@@H]4C[C@H]4C(F)(F)F)cc3OC)c2)cc1. The zero-order chi connectivity index (χ0) is 32.8. The first kappa shape index (κ1) is 30.7. The van der Waals surface area contributed by atoms with E-state index in [0.717, 1.165) is 4.31 Å². The molecule has 0 N–H and O–H groups in total. The molecule has 1 aliphatic carbocycles. The van der Waals surface area contributed by atoms with Gasteiger partial charge >= 0.3 is 6.18 Å². The van der Waals surface area contributed by atoms with Crippen molar-refractivity contribution in [3.05, 3.63) is 106 Å². The molecule has 1 aliphatic rings. The number of nitrogens with zero attached hydrogens (tertiary/aromatic N) is 4. The number of alkyl halides is 3. The molecular formula is C32H25F3N4O6S. The van der Waals surface area contributed by atoms with Crippen molar-refractivity contribution in [3.63, 3.8) is 0 Å². The highest BCUT2D eigenvalue weighted by molar-refractivity contribution is 7.92. The second-order valence-electron chi connectivity index (χ2n) is 10.7. The molecule has 0 radical (unpaired) electrons. The van der Waals surface area contributed by atoms with Gasteiger partial charge in [0.25, 0.3) is 15.6 Å². The second kappa shape index (κ2) is 11.6. The molecule has 2 heterocycles. The van der Waals surface area contributed by atoms with E-state index in [0.29, 0.717) is 16.7 Å². The third-order valence-corrected chi connectivity index (χ3v) is 9.69. The van der Waals surface area contributed by atoms with Crippen LogP contribution in [0.3, 0.4) is 0 Å². The normalized spacial score (nSPS) is 16.2. The fourth-order valence-electron chi connectivity index (χ4n) is 5.51. The molecule has 3 aromatic carbocycles. The third kappa shape index (κ3) is 5.54. The molecule has 1 fully saturated rings. The van der Waals surface area contributed by atoms with Crippen molar-refractivity contribution in [1.29, 1.82) is 5.26 Å². The summed E-state index contributed by atoms with van der Waals surface area (Å²) >= 11 is 0. The minimum absolute atomic E-state index is 0.0163. The van der Waals surface area contributed by atoms with E-state index < -0.39 is 33.6 Å². The van der Waals surface area contributed by atoms with E-state index in [4.69, 9.17) is 14.0 Å². The summed E-state index contributed by atoms with van der Waals surface area (Å²) in [7, 11) is -1.40. The number of halogens is 3. The molecule has 5 aromatic rings. The van der Waals surface area contributed by atoms with Crippen molar-refractivity contribution >= 4 is 26.7 Å². The maximum Gasteiger partial charge on any atom is 0.392 e. The molecule has 0 saturated heterocycles. The van der Waals surface area contributed by atoms with Gasteiger partial charge in [0.1, 0.15) is 17.8 Å². The predicted octanol–water partition coefficient (Wildman–Crippen LogP) is 5.93. The predicted molar refractivity (Wildman–Crippen MR) is 161 cm³/mol. The Bertz CT molecular complexity index is 2140. The summed E-state index contributed by atoms with van der Waals surface area (Å²) in [5.41, 5.74) is 0.709. The van der Waals surface area contributed by atoms with Gasteiger partial charge in [-0.15, -0.1) is 0 Å². The van der Waals surface area contributed by atoms with Crippen LogP contribution in [0.25, 0.3) is 16.6 Å². The number of methoxy groups -OCH3 is 2. The number of rotatable bonds is 9. The summed E-state index contributed by atoms with van der Waals surface area (Å²) in [6, 6.07) is 19.8. The van der Waals surface area contributed by atoms with Crippen LogP contribution in [0.4, 0.5) is 19.0 Å². The van der Waals surface area contributed by atoms with Gasteiger partial charge in [0, 0.05) is 17.5 Å². The summed E-state index contributed by atoms with van der Waals surface area (Å²) in [5, 5.41) is 14.0. The Balaban J connectivity index is 1.43. The number of nitriles is 1. The summed E-state index contributed by atoms with van der Waals surface area (Å²) in [6.45, 7) is -0.0763. The molecule has 10 nitrogen and oxygen atoms in total. The van der Waals surface area contributed by atoms with E-state index in [1.165, 1.54) is 73.6 Å². The molecule has 2 atom stereocenters. The number of fused-ring (bicyclic) bond motifs is 1. The average Bonchev–Trinajstić information content (AvgIpc) is 3.69. The lowest BCUT2D eigenvalue weighted by atomic mass is 10.0. The van der Waals surface area contributed by atoms with Gasteiger partial charge in [0.2, 0.25) is 0 Å². The molecule has 0 unspecified atom stereocenters. The van der Waals surface area contributed by atoms with Crippen molar-refractivity contribution in [3.8, 4) is 23.3 Å². The monoisotopic (exact) mass is 650 g/mol. The number of pyridine rings is 1. The maximum atomic E-state index is 14.0. The summed E-state index contributed by atoms with van der Waals surface area (Å²) < 4.78 is 86.0. The number of benzene rings is 3. The van der Waals surface area contributed by atoms with Crippen LogP contribution in [0.15, 0.2) is 93.3 Å².